The highest BCUT2D eigenvalue weighted by Crippen LogP contribution is 2.20. The molecule has 1 atom stereocenters. The third-order valence-electron chi connectivity index (χ3n) is 2.31. The topological polar surface area (TPSA) is 69.4 Å². The van der Waals surface area contributed by atoms with Gasteiger partial charge in [-0.15, -0.1) is 0 Å². The first kappa shape index (κ1) is 13.2. The summed E-state index contributed by atoms with van der Waals surface area (Å²) in [5.41, 5.74) is 0.722. The van der Waals surface area contributed by atoms with Gasteiger partial charge in [0.1, 0.15) is 0 Å². The maximum absolute atomic E-state index is 11.6. The van der Waals surface area contributed by atoms with Crippen LogP contribution in [0.5, 0.6) is 0 Å². The Labute approximate surface area is 99.5 Å². The second-order valence-electron chi connectivity index (χ2n) is 4.06. The van der Waals surface area contributed by atoms with Crippen LogP contribution in [-0.4, -0.2) is 17.0 Å². The maximum Gasteiger partial charge on any atom is 0.313 e. The monoisotopic (exact) mass is 237 g/mol. The summed E-state index contributed by atoms with van der Waals surface area (Å²) in [5, 5.41) is 10.5. The molecule has 0 bridgehead atoms. The van der Waals surface area contributed by atoms with Crippen LogP contribution in [0.15, 0.2) is 24.3 Å². The molecule has 92 valence electrons. The summed E-state index contributed by atoms with van der Waals surface area (Å²) in [6, 6.07) is 5.91. The van der Waals surface area contributed by atoms with Gasteiger partial charge in [-0.3, -0.25) is 14.9 Å². The van der Waals surface area contributed by atoms with E-state index in [2.05, 4.69) is 0 Å². The highest BCUT2D eigenvalue weighted by molar-refractivity contribution is 5.77. The number of carbonyl (C=O) groups is 1. The number of hydrogen-bond donors (Lipinski definition) is 0. The lowest BCUT2D eigenvalue weighted by atomic mass is 10.0. The lowest BCUT2D eigenvalue weighted by Gasteiger charge is -2.13. The number of esters is 1. The number of rotatable bonds is 4. The quantitative estimate of drug-likeness (QED) is 0.458. The first-order valence-corrected chi connectivity index (χ1v) is 5.36. The fourth-order valence-electron chi connectivity index (χ4n) is 1.36. The van der Waals surface area contributed by atoms with Crippen molar-refractivity contribution in [3.63, 3.8) is 0 Å². The highest BCUT2D eigenvalue weighted by Gasteiger charge is 2.18. The Morgan fingerprint density at radius 2 is 1.76 bits per heavy atom. The van der Waals surface area contributed by atoms with Gasteiger partial charge in [0.2, 0.25) is 0 Å². The fraction of sp³-hybridized carbons (Fsp3) is 0.417. The van der Waals surface area contributed by atoms with Crippen molar-refractivity contribution in [2.75, 3.05) is 0 Å². The van der Waals surface area contributed by atoms with E-state index in [0.29, 0.717) is 5.56 Å². The molecule has 0 N–H and O–H groups in total. The second kappa shape index (κ2) is 5.43. The molecule has 0 saturated heterocycles. The number of non-ortho nitro benzene ring substituents is 1. The molecule has 1 unspecified atom stereocenters. The van der Waals surface area contributed by atoms with Crippen LogP contribution in [0.25, 0.3) is 0 Å². The van der Waals surface area contributed by atoms with Gasteiger partial charge in [-0.1, -0.05) is 12.1 Å². The summed E-state index contributed by atoms with van der Waals surface area (Å²) in [5.74, 6) is -0.743. The summed E-state index contributed by atoms with van der Waals surface area (Å²) >= 11 is 0. The van der Waals surface area contributed by atoms with Crippen molar-refractivity contribution in [1.82, 2.24) is 0 Å². The van der Waals surface area contributed by atoms with Crippen LogP contribution >= 0.6 is 0 Å². The average molecular weight is 237 g/mol. The van der Waals surface area contributed by atoms with Crippen molar-refractivity contribution >= 4 is 11.7 Å². The Morgan fingerprint density at radius 3 is 2.18 bits per heavy atom. The molecule has 0 amide bonds. The molecule has 17 heavy (non-hydrogen) atoms. The molecule has 1 aromatic rings. The molecule has 1 aromatic carbocycles. The molecule has 0 aliphatic carbocycles. The van der Waals surface area contributed by atoms with Crippen LogP contribution in [0.3, 0.4) is 0 Å². The fourth-order valence-corrected chi connectivity index (χ4v) is 1.36. The van der Waals surface area contributed by atoms with E-state index in [1.807, 2.05) is 0 Å². The van der Waals surface area contributed by atoms with Crippen molar-refractivity contribution < 1.29 is 14.5 Å². The normalized spacial score (nSPS) is 12.2. The molecule has 0 saturated carbocycles. The third kappa shape index (κ3) is 3.55. The summed E-state index contributed by atoms with van der Waals surface area (Å²) in [6.07, 6.45) is -0.164. The summed E-state index contributed by atoms with van der Waals surface area (Å²) in [4.78, 5) is 21.6. The Bertz CT molecular complexity index is 411. The van der Waals surface area contributed by atoms with Crippen LogP contribution in [0.4, 0.5) is 5.69 Å². The highest BCUT2D eigenvalue weighted by atomic mass is 16.6. The molecule has 0 aliphatic heterocycles. The SMILES string of the molecule is CC(C)OC(=O)C(C)c1ccc([N+](=O)[O-])cc1. The van der Waals surface area contributed by atoms with Crippen molar-refractivity contribution in [3.8, 4) is 0 Å². The summed E-state index contributed by atoms with van der Waals surface area (Å²) in [7, 11) is 0. The largest absolute Gasteiger partial charge is 0.463 e. The van der Waals surface area contributed by atoms with Crippen LogP contribution in [0, 0.1) is 10.1 Å². The van der Waals surface area contributed by atoms with Gasteiger partial charge in [0.05, 0.1) is 16.9 Å². The van der Waals surface area contributed by atoms with E-state index >= 15 is 0 Å². The standard InChI is InChI=1S/C12H15NO4/c1-8(2)17-12(14)9(3)10-4-6-11(7-5-10)13(15)16/h4-9H,1-3H3. The van der Waals surface area contributed by atoms with Gasteiger partial charge in [0, 0.05) is 12.1 Å². The van der Waals surface area contributed by atoms with E-state index in [-0.39, 0.29) is 17.8 Å². The Morgan fingerprint density at radius 1 is 1.24 bits per heavy atom. The van der Waals surface area contributed by atoms with Crippen LogP contribution in [0.1, 0.15) is 32.3 Å². The molecule has 0 fully saturated rings. The van der Waals surface area contributed by atoms with Crippen molar-refractivity contribution in [2.24, 2.45) is 0 Å². The van der Waals surface area contributed by atoms with Gasteiger partial charge >= 0.3 is 5.97 Å². The Hall–Kier alpha value is -1.91. The van der Waals surface area contributed by atoms with E-state index in [4.69, 9.17) is 4.74 Å². The number of ether oxygens (including phenoxy) is 1. The number of hydrogen-bond acceptors (Lipinski definition) is 4. The molecule has 0 aliphatic rings. The van der Waals surface area contributed by atoms with Crippen LogP contribution in [-0.2, 0) is 9.53 Å². The minimum Gasteiger partial charge on any atom is -0.463 e. The van der Waals surface area contributed by atoms with E-state index in [1.54, 1.807) is 32.9 Å². The van der Waals surface area contributed by atoms with Crippen molar-refractivity contribution in [3.05, 3.63) is 39.9 Å². The molecule has 0 radical (unpaired) electrons. The third-order valence-corrected chi connectivity index (χ3v) is 2.31. The maximum atomic E-state index is 11.6. The number of nitro benzene ring substituents is 1. The summed E-state index contributed by atoms with van der Waals surface area (Å²) in [6.45, 7) is 5.27. The number of nitrogens with zero attached hydrogens (tertiary/aromatic N) is 1. The molecular formula is C12H15NO4. The first-order valence-electron chi connectivity index (χ1n) is 5.36. The minimum absolute atomic E-state index is 0.0122. The van der Waals surface area contributed by atoms with Crippen LogP contribution in [0.2, 0.25) is 0 Å². The average Bonchev–Trinajstić information content (AvgIpc) is 2.27. The predicted octanol–water partition coefficient (Wildman–Crippen LogP) is 2.65. The second-order valence-corrected chi connectivity index (χ2v) is 4.06. The summed E-state index contributed by atoms with van der Waals surface area (Å²) < 4.78 is 5.07. The first-order chi connectivity index (χ1) is 7.91. The van der Waals surface area contributed by atoms with E-state index in [0.717, 1.165) is 0 Å². The Balaban J connectivity index is 2.79. The lowest BCUT2D eigenvalue weighted by molar-refractivity contribution is -0.384. The molecule has 5 nitrogen and oxygen atoms in total. The zero-order valence-electron chi connectivity index (χ0n) is 10.0. The van der Waals surface area contributed by atoms with Gasteiger partial charge in [-0.05, 0) is 26.3 Å². The molecule has 1 rings (SSSR count). The van der Waals surface area contributed by atoms with Gasteiger partial charge in [-0.25, -0.2) is 0 Å². The van der Waals surface area contributed by atoms with E-state index in [9.17, 15) is 14.9 Å². The van der Waals surface area contributed by atoms with Gasteiger partial charge < -0.3 is 4.74 Å². The molecular weight excluding hydrogens is 222 g/mol. The number of carbonyl (C=O) groups excluding carboxylic acids is 1. The van der Waals surface area contributed by atoms with Gasteiger partial charge in [0.25, 0.3) is 5.69 Å². The van der Waals surface area contributed by atoms with Crippen LogP contribution < -0.4 is 0 Å². The molecule has 0 spiro atoms. The minimum atomic E-state index is -0.471. The number of benzene rings is 1. The van der Waals surface area contributed by atoms with Gasteiger partial charge in [-0.2, -0.15) is 0 Å². The predicted molar refractivity (Wildman–Crippen MR) is 62.7 cm³/mol. The zero-order chi connectivity index (χ0) is 13.0. The van der Waals surface area contributed by atoms with E-state index < -0.39 is 10.8 Å². The lowest BCUT2D eigenvalue weighted by Crippen LogP contribution is -2.17. The molecule has 0 heterocycles. The van der Waals surface area contributed by atoms with Crippen molar-refractivity contribution in [2.45, 2.75) is 32.8 Å². The van der Waals surface area contributed by atoms with Crippen molar-refractivity contribution in [1.29, 1.82) is 0 Å². The zero-order valence-corrected chi connectivity index (χ0v) is 10.0. The molecule has 5 heteroatoms. The Kier molecular flexibility index (Phi) is 4.20. The smallest absolute Gasteiger partial charge is 0.313 e. The van der Waals surface area contributed by atoms with E-state index in [1.165, 1.54) is 12.1 Å². The van der Waals surface area contributed by atoms with Gasteiger partial charge in [0.15, 0.2) is 0 Å². The number of nitro groups is 1. The molecule has 0 aromatic heterocycles.